The SMILES string of the molecule is CCCC(=O)OCc1c(C)nc2sc3ccc4oc(=O)c(=O)oc4c3n12. The van der Waals surface area contributed by atoms with Crippen LogP contribution in [0.25, 0.3) is 26.3 Å². The molecule has 0 saturated heterocycles. The second-order valence-corrected chi connectivity index (χ2v) is 6.80. The van der Waals surface area contributed by atoms with Crippen molar-refractivity contribution in [2.24, 2.45) is 0 Å². The number of esters is 1. The van der Waals surface area contributed by atoms with Crippen LogP contribution in [0.1, 0.15) is 31.2 Å². The zero-order chi connectivity index (χ0) is 18.4. The van der Waals surface area contributed by atoms with Crippen LogP contribution in [-0.4, -0.2) is 15.4 Å². The molecule has 0 aliphatic heterocycles. The van der Waals surface area contributed by atoms with Crippen molar-refractivity contribution in [3.63, 3.8) is 0 Å². The molecule has 26 heavy (non-hydrogen) atoms. The van der Waals surface area contributed by atoms with Crippen molar-refractivity contribution in [1.82, 2.24) is 9.38 Å². The standard InChI is InChI=1S/C17H14N2O6S/c1-3-4-12(20)23-7-9-8(2)18-17-19(9)13-11(26-17)6-5-10-14(13)25-16(22)15(21)24-10/h5-6H,3-4,7H2,1-2H3. The normalized spacial score (nSPS) is 11.6. The van der Waals surface area contributed by atoms with Crippen LogP contribution < -0.4 is 11.3 Å². The average Bonchev–Trinajstić information content (AvgIpc) is 3.09. The van der Waals surface area contributed by atoms with Crippen molar-refractivity contribution >= 4 is 43.6 Å². The van der Waals surface area contributed by atoms with E-state index in [9.17, 15) is 14.4 Å². The van der Waals surface area contributed by atoms with Gasteiger partial charge in [-0.2, -0.15) is 0 Å². The second-order valence-electron chi connectivity index (χ2n) is 5.79. The van der Waals surface area contributed by atoms with E-state index in [4.69, 9.17) is 13.6 Å². The van der Waals surface area contributed by atoms with E-state index < -0.39 is 11.3 Å². The van der Waals surface area contributed by atoms with Crippen LogP contribution in [0.5, 0.6) is 0 Å². The van der Waals surface area contributed by atoms with Gasteiger partial charge in [0.2, 0.25) is 0 Å². The lowest BCUT2D eigenvalue weighted by atomic mass is 10.3. The number of ether oxygens (including phenoxy) is 1. The molecule has 4 aromatic rings. The Morgan fingerprint density at radius 2 is 2.04 bits per heavy atom. The summed E-state index contributed by atoms with van der Waals surface area (Å²) in [6.45, 7) is 3.77. The number of hydrogen-bond donors (Lipinski definition) is 0. The van der Waals surface area contributed by atoms with E-state index in [2.05, 4.69) is 4.98 Å². The molecule has 3 heterocycles. The van der Waals surface area contributed by atoms with E-state index >= 15 is 0 Å². The van der Waals surface area contributed by atoms with Crippen molar-refractivity contribution in [1.29, 1.82) is 0 Å². The summed E-state index contributed by atoms with van der Waals surface area (Å²) in [7, 11) is 0. The van der Waals surface area contributed by atoms with E-state index in [1.54, 1.807) is 16.5 Å². The van der Waals surface area contributed by atoms with Gasteiger partial charge in [0, 0.05) is 6.42 Å². The third-order valence-electron chi connectivity index (χ3n) is 4.01. The molecule has 1 aromatic carbocycles. The Bertz CT molecular complexity index is 1280. The van der Waals surface area contributed by atoms with Crippen LogP contribution in [0, 0.1) is 6.92 Å². The van der Waals surface area contributed by atoms with E-state index in [1.807, 2.05) is 13.8 Å². The molecular formula is C17H14N2O6S. The fourth-order valence-corrected chi connectivity index (χ4v) is 3.90. The molecule has 0 N–H and O–H groups in total. The van der Waals surface area contributed by atoms with Gasteiger partial charge in [-0.15, -0.1) is 0 Å². The molecule has 0 saturated carbocycles. The highest BCUT2D eigenvalue weighted by atomic mass is 32.1. The number of benzene rings is 1. The third kappa shape index (κ3) is 2.51. The van der Waals surface area contributed by atoms with Crippen LogP contribution in [0.3, 0.4) is 0 Å². The number of imidazole rings is 1. The Labute approximate surface area is 149 Å². The number of rotatable bonds is 4. The lowest BCUT2D eigenvalue weighted by molar-refractivity contribution is -0.145. The maximum atomic E-state index is 11.7. The molecule has 0 bridgehead atoms. The predicted molar refractivity (Wildman–Crippen MR) is 94.6 cm³/mol. The monoisotopic (exact) mass is 374 g/mol. The lowest BCUT2D eigenvalue weighted by Gasteiger charge is -2.05. The number of fused-ring (bicyclic) bond motifs is 5. The van der Waals surface area contributed by atoms with Crippen molar-refractivity contribution in [2.75, 3.05) is 0 Å². The van der Waals surface area contributed by atoms with E-state index in [0.717, 1.165) is 4.70 Å². The van der Waals surface area contributed by atoms with Gasteiger partial charge in [0.25, 0.3) is 0 Å². The molecule has 4 rings (SSSR count). The first-order valence-electron chi connectivity index (χ1n) is 8.02. The molecule has 0 aliphatic rings. The van der Waals surface area contributed by atoms with Gasteiger partial charge >= 0.3 is 17.2 Å². The predicted octanol–water partition coefficient (Wildman–Crippen LogP) is 2.76. The number of aromatic nitrogens is 2. The summed E-state index contributed by atoms with van der Waals surface area (Å²) in [4.78, 5) is 40.0. The van der Waals surface area contributed by atoms with Gasteiger partial charge in [0.05, 0.1) is 16.1 Å². The molecule has 134 valence electrons. The molecule has 0 spiro atoms. The Morgan fingerprint density at radius 3 is 2.81 bits per heavy atom. The summed E-state index contributed by atoms with van der Waals surface area (Å²) in [5.74, 6) is -0.288. The van der Waals surface area contributed by atoms with Gasteiger partial charge in [0.15, 0.2) is 16.1 Å². The van der Waals surface area contributed by atoms with Crippen LogP contribution in [-0.2, 0) is 16.1 Å². The summed E-state index contributed by atoms with van der Waals surface area (Å²) in [5, 5.41) is 0. The fraction of sp³-hybridized carbons (Fsp3) is 0.294. The molecule has 0 amide bonds. The van der Waals surface area contributed by atoms with Gasteiger partial charge in [0.1, 0.15) is 12.1 Å². The minimum Gasteiger partial charge on any atom is -0.459 e. The maximum absolute atomic E-state index is 11.7. The maximum Gasteiger partial charge on any atom is 0.423 e. The Balaban J connectivity index is 1.97. The minimum absolute atomic E-state index is 0.0507. The van der Waals surface area contributed by atoms with Crippen molar-refractivity contribution < 1.29 is 18.4 Å². The van der Waals surface area contributed by atoms with Gasteiger partial charge < -0.3 is 13.6 Å². The molecule has 0 atom stereocenters. The van der Waals surface area contributed by atoms with Crippen LogP contribution in [0.2, 0.25) is 0 Å². The summed E-state index contributed by atoms with van der Waals surface area (Å²) in [6.07, 6.45) is 1.05. The van der Waals surface area contributed by atoms with Gasteiger partial charge in [-0.1, -0.05) is 18.3 Å². The summed E-state index contributed by atoms with van der Waals surface area (Å²) in [5.41, 5.74) is 0.150. The number of hydrogen-bond acceptors (Lipinski definition) is 8. The topological polar surface area (TPSA) is 104 Å². The highest BCUT2D eigenvalue weighted by molar-refractivity contribution is 7.23. The quantitative estimate of drug-likeness (QED) is 0.399. The zero-order valence-corrected chi connectivity index (χ0v) is 14.8. The summed E-state index contributed by atoms with van der Waals surface area (Å²) < 4.78 is 18.1. The Morgan fingerprint density at radius 1 is 1.27 bits per heavy atom. The highest BCUT2D eigenvalue weighted by Gasteiger charge is 2.20. The fourth-order valence-electron chi connectivity index (χ4n) is 2.81. The lowest BCUT2D eigenvalue weighted by Crippen LogP contribution is -2.21. The molecule has 0 radical (unpaired) electrons. The number of carbonyl (C=O) groups is 1. The third-order valence-corrected chi connectivity index (χ3v) is 5.02. The minimum atomic E-state index is -1.07. The first-order chi connectivity index (χ1) is 12.5. The number of nitrogens with zero attached hydrogens (tertiary/aromatic N) is 2. The molecule has 0 fully saturated rings. The molecule has 8 nitrogen and oxygen atoms in total. The molecule has 9 heteroatoms. The van der Waals surface area contributed by atoms with Gasteiger partial charge in [-0.25, -0.2) is 14.6 Å². The number of carbonyl (C=O) groups excluding carboxylic acids is 1. The van der Waals surface area contributed by atoms with Crippen LogP contribution in [0.4, 0.5) is 0 Å². The van der Waals surface area contributed by atoms with Crippen LogP contribution in [0.15, 0.2) is 30.6 Å². The van der Waals surface area contributed by atoms with E-state index in [0.29, 0.717) is 34.7 Å². The molecule has 3 aromatic heterocycles. The van der Waals surface area contributed by atoms with Gasteiger partial charge in [-0.3, -0.25) is 9.20 Å². The molecular weight excluding hydrogens is 360 g/mol. The highest BCUT2D eigenvalue weighted by Crippen LogP contribution is 2.33. The largest absolute Gasteiger partial charge is 0.459 e. The molecule has 0 unspecified atom stereocenters. The van der Waals surface area contributed by atoms with Crippen LogP contribution >= 0.6 is 11.3 Å². The van der Waals surface area contributed by atoms with Crippen molar-refractivity contribution in [3.8, 4) is 0 Å². The average molecular weight is 374 g/mol. The number of thiazole rings is 1. The van der Waals surface area contributed by atoms with Crippen molar-refractivity contribution in [3.05, 3.63) is 44.4 Å². The summed E-state index contributed by atoms with van der Waals surface area (Å²) >= 11 is 1.40. The first kappa shape index (κ1) is 16.5. The zero-order valence-electron chi connectivity index (χ0n) is 14.0. The van der Waals surface area contributed by atoms with Crippen molar-refractivity contribution in [2.45, 2.75) is 33.3 Å². The second kappa shape index (κ2) is 6.10. The molecule has 0 aliphatic carbocycles. The Kier molecular flexibility index (Phi) is 3.87. The van der Waals surface area contributed by atoms with E-state index in [-0.39, 0.29) is 23.7 Å². The summed E-state index contributed by atoms with van der Waals surface area (Å²) in [6, 6.07) is 3.34. The first-order valence-corrected chi connectivity index (χ1v) is 8.84. The number of aryl methyl sites for hydroxylation is 1. The van der Waals surface area contributed by atoms with E-state index in [1.165, 1.54) is 11.3 Å². The Hall–Kier alpha value is -2.94. The smallest absolute Gasteiger partial charge is 0.423 e. The van der Waals surface area contributed by atoms with Gasteiger partial charge in [-0.05, 0) is 25.5 Å².